The maximum atomic E-state index is 12.1. The Kier molecular flexibility index (Phi) is 7.80. The largest absolute Gasteiger partial charge is 0.497 e. The third-order valence-corrected chi connectivity index (χ3v) is 4.91. The number of hydrogen-bond donors (Lipinski definition) is 1. The SMILES string of the molecule is COC(=O)CCCC(=O)Nc1ccc(-c2cccc(-c3cc(OC)ccc3OC)n2)cc1. The summed E-state index contributed by atoms with van der Waals surface area (Å²) in [6, 6.07) is 18.8. The monoisotopic (exact) mass is 434 g/mol. The zero-order chi connectivity index (χ0) is 22.9. The van der Waals surface area contributed by atoms with Crippen molar-refractivity contribution in [2.24, 2.45) is 0 Å². The lowest BCUT2D eigenvalue weighted by molar-refractivity contribution is -0.140. The summed E-state index contributed by atoms with van der Waals surface area (Å²) in [4.78, 5) is 28.0. The van der Waals surface area contributed by atoms with Crippen LogP contribution in [0.5, 0.6) is 11.5 Å². The fourth-order valence-corrected chi connectivity index (χ4v) is 3.20. The number of methoxy groups -OCH3 is 3. The minimum Gasteiger partial charge on any atom is -0.497 e. The van der Waals surface area contributed by atoms with Crippen LogP contribution in [0, 0.1) is 0 Å². The van der Waals surface area contributed by atoms with Gasteiger partial charge in [-0.15, -0.1) is 0 Å². The first-order valence-corrected chi connectivity index (χ1v) is 10.2. The van der Waals surface area contributed by atoms with Crippen molar-refractivity contribution in [1.82, 2.24) is 4.98 Å². The lowest BCUT2D eigenvalue weighted by Gasteiger charge is -2.11. The van der Waals surface area contributed by atoms with Crippen molar-refractivity contribution >= 4 is 17.6 Å². The Morgan fingerprint density at radius 3 is 2.31 bits per heavy atom. The van der Waals surface area contributed by atoms with Gasteiger partial charge in [-0.1, -0.05) is 18.2 Å². The van der Waals surface area contributed by atoms with E-state index >= 15 is 0 Å². The number of nitrogens with one attached hydrogen (secondary N) is 1. The Hall–Kier alpha value is -3.87. The normalized spacial score (nSPS) is 10.3. The molecule has 166 valence electrons. The first-order chi connectivity index (χ1) is 15.5. The minimum absolute atomic E-state index is 0.146. The summed E-state index contributed by atoms with van der Waals surface area (Å²) in [6.45, 7) is 0. The van der Waals surface area contributed by atoms with Crippen LogP contribution in [0.1, 0.15) is 19.3 Å². The summed E-state index contributed by atoms with van der Waals surface area (Å²) in [7, 11) is 4.58. The third kappa shape index (κ3) is 5.85. The van der Waals surface area contributed by atoms with Crippen molar-refractivity contribution in [3.63, 3.8) is 0 Å². The van der Waals surface area contributed by atoms with E-state index in [-0.39, 0.29) is 24.7 Å². The number of anilines is 1. The molecule has 0 bridgehead atoms. The van der Waals surface area contributed by atoms with Crippen LogP contribution in [-0.2, 0) is 14.3 Å². The minimum atomic E-state index is -0.316. The van der Waals surface area contributed by atoms with Crippen LogP contribution in [0.15, 0.2) is 60.7 Å². The summed E-state index contributed by atoms with van der Waals surface area (Å²) in [5.41, 5.74) is 3.99. The van der Waals surface area contributed by atoms with E-state index in [0.29, 0.717) is 17.9 Å². The molecule has 1 aromatic heterocycles. The van der Waals surface area contributed by atoms with Crippen molar-refractivity contribution in [3.05, 3.63) is 60.7 Å². The molecule has 32 heavy (non-hydrogen) atoms. The van der Waals surface area contributed by atoms with Crippen LogP contribution < -0.4 is 14.8 Å². The van der Waals surface area contributed by atoms with E-state index in [0.717, 1.165) is 28.3 Å². The third-order valence-electron chi connectivity index (χ3n) is 4.91. The number of carbonyl (C=O) groups is 2. The van der Waals surface area contributed by atoms with Crippen molar-refractivity contribution < 1.29 is 23.8 Å². The van der Waals surface area contributed by atoms with Crippen molar-refractivity contribution in [1.29, 1.82) is 0 Å². The molecule has 0 saturated carbocycles. The van der Waals surface area contributed by atoms with Crippen molar-refractivity contribution in [2.75, 3.05) is 26.6 Å². The first kappa shape index (κ1) is 22.8. The van der Waals surface area contributed by atoms with Gasteiger partial charge in [-0.05, 0) is 48.9 Å². The van der Waals surface area contributed by atoms with E-state index in [4.69, 9.17) is 14.5 Å². The molecule has 3 rings (SSSR count). The molecule has 0 radical (unpaired) electrons. The highest BCUT2D eigenvalue weighted by Crippen LogP contribution is 2.33. The van der Waals surface area contributed by atoms with Gasteiger partial charge in [0.1, 0.15) is 11.5 Å². The van der Waals surface area contributed by atoms with E-state index in [2.05, 4.69) is 10.1 Å². The average Bonchev–Trinajstić information content (AvgIpc) is 2.84. The van der Waals surface area contributed by atoms with Gasteiger partial charge in [0, 0.05) is 29.7 Å². The number of rotatable bonds is 9. The van der Waals surface area contributed by atoms with Crippen LogP contribution >= 0.6 is 0 Å². The molecule has 0 aliphatic rings. The second-order valence-corrected chi connectivity index (χ2v) is 7.03. The maximum Gasteiger partial charge on any atom is 0.305 e. The highest BCUT2D eigenvalue weighted by atomic mass is 16.5. The first-order valence-electron chi connectivity index (χ1n) is 10.2. The molecule has 7 nitrogen and oxygen atoms in total. The number of carbonyl (C=O) groups excluding carboxylic acids is 2. The lowest BCUT2D eigenvalue weighted by Crippen LogP contribution is -2.12. The highest BCUT2D eigenvalue weighted by molar-refractivity contribution is 5.91. The standard InChI is InChI=1S/C25H26N2O5/c1-30-19-14-15-23(31-2)20(16-19)22-7-4-6-21(27-22)17-10-12-18(13-11-17)26-24(28)8-5-9-25(29)32-3/h4,6-7,10-16H,5,8-9H2,1-3H3,(H,26,28). The van der Waals surface area contributed by atoms with E-state index in [1.54, 1.807) is 14.2 Å². The zero-order valence-electron chi connectivity index (χ0n) is 18.4. The second kappa shape index (κ2) is 10.9. The second-order valence-electron chi connectivity index (χ2n) is 7.03. The Bertz CT molecular complexity index is 1080. The van der Waals surface area contributed by atoms with Crippen molar-refractivity contribution in [2.45, 2.75) is 19.3 Å². The van der Waals surface area contributed by atoms with Gasteiger partial charge in [-0.2, -0.15) is 0 Å². The number of ether oxygens (including phenoxy) is 3. The summed E-state index contributed by atoms with van der Waals surface area (Å²) in [6.07, 6.45) is 0.923. The van der Waals surface area contributed by atoms with Crippen molar-refractivity contribution in [3.8, 4) is 34.0 Å². The lowest BCUT2D eigenvalue weighted by atomic mass is 10.1. The molecule has 0 atom stereocenters. The smallest absolute Gasteiger partial charge is 0.305 e. The molecule has 2 aromatic carbocycles. The molecule has 0 aliphatic carbocycles. The van der Waals surface area contributed by atoms with Crippen LogP contribution in [0.3, 0.4) is 0 Å². The molecule has 1 N–H and O–H groups in total. The molecule has 0 fully saturated rings. The van der Waals surface area contributed by atoms with Crippen LogP contribution in [0.25, 0.3) is 22.5 Å². The number of esters is 1. The highest BCUT2D eigenvalue weighted by Gasteiger charge is 2.11. The molecule has 1 amide bonds. The van der Waals surface area contributed by atoms with Gasteiger partial charge < -0.3 is 19.5 Å². The molecule has 0 aliphatic heterocycles. The topological polar surface area (TPSA) is 86.8 Å². The van der Waals surface area contributed by atoms with Gasteiger partial charge in [-0.3, -0.25) is 9.59 Å². The zero-order valence-corrected chi connectivity index (χ0v) is 18.4. The number of pyridine rings is 1. The Morgan fingerprint density at radius 2 is 1.62 bits per heavy atom. The molecule has 0 unspecified atom stereocenters. The fraction of sp³-hybridized carbons (Fsp3) is 0.240. The summed E-state index contributed by atoms with van der Waals surface area (Å²) >= 11 is 0. The Balaban J connectivity index is 1.72. The molecule has 3 aromatic rings. The van der Waals surface area contributed by atoms with Gasteiger partial charge in [0.25, 0.3) is 0 Å². The molecule has 7 heteroatoms. The predicted molar refractivity (Wildman–Crippen MR) is 123 cm³/mol. The van der Waals surface area contributed by atoms with Gasteiger partial charge >= 0.3 is 5.97 Å². The fourth-order valence-electron chi connectivity index (χ4n) is 3.20. The molecular formula is C25H26N2O5. The number of amides is 1. The summed E-state index contributed by atoms with van der Waals surface area (Å²) in [5.74, 6) is 0.968. The van der Waals surface area contributed by atoms with Gasteiger partial charge in [0.15, 0.2) is 0 Å². The van der Waals surface area contributed by atoms with Crippen LogP contribution in [0.4, 0.5) is 5.69 Å². The number of benzene rings is 2. The van der Waals surface area contributed by atoms with Gasteiger partial charge in [0.05, 0.1) is 32.7 Å². The van der Waals surface area contributed by atoms with E-state index < -0.39 is 0 Å². The number of aromatic nitrogens is 1. The van der Waals surface area contributed by atoms with E-state index in [1.807, 2.05) is 60.7 Å². The molecular weight excluding hydrogens is 408 g/mol. The number of nitrogens with zero attached hydrogens (tertiary/aromatic N) is 1. The van der Waals surface area contributed by atoms with Gasteiger partial charge in [0.2, 0.25) is 5.91 Å². The molecule has 0 spiro atoms. The molecule has 1 heterocycles. The predicted octanol–water partition coefficient (Wildman–Crippen LogP) is 4.71. The Labute approximate surface area is 187 Å². The molecule has 0 saturated heterocycles. The number of hydrogen-bond acceptors (Lipinski definition) is 6. The maximum absolute atomic E-state index is 12.1. The van der Waals surface area contributed by atoms with E-state index in [1.165, 1.54) is 7.11 Å². The van der Waals surface area contributed by atoms with Crippen LogP contribution in [0.2, 0.25) is 0 Å². The summed E-state index contributed by atoms with van der Waals surface area (Å²) in [5, 5.41) is 2.84. The quantitative estimate of drug-likeness (QED) is 0.491. The van der Waals surface area contributed by atoms with Crippen LogP contribution in [-0.4, -0.2) is 38.2 Å². The Morgan fingerprint density at radius 1 is 0.875 bits per heavy atom. The van der Waals surface area contributed by atoms with Gasteiger partial charge in [-0.25, -0.2) is 4.98 Å². The average molecular weight is 434 g/mol. The van der Waals surface area contributed by atoms with E-state index in [9.17, 15) is 9.59 Å². The summed E-state index contributed by atoms with van der Waals surface area (Å²) < 4.78 is 15.4.